The van der Waals surface area contributed by atoms with E-state index < -0.39 is 23.0 Å². The highest BCUT2D eigenvalue weighted by atomic mass is 19.1. The van der Waals surface area contributed by atoms with Gasteiger partial charge in [-0.3, -0.25) is 4.90 Å². The summed E-state index contributed by atoms with van der Waals surface area (Å²) in [5.74, 6) is -2.17. The molecule has 4 heterocycles. The lowest BCUT2D eigenvalue weighted by molar-refractivity contribution is -0.243. The molecule has 0 unspecified atom stereocenters. The average molecular weight is 471 g/mol. The van der Waals surface area contributed by atoms with Crippen LogP contribution in [0.2, 0.25) is 0 Å². The van der Waals surface area contributed by atoms with Crippen LogP contribution in [0.15, 0.2) is 66.2 Å². The average Bonchev–Trinajstić information content (AvgIpc) is 3.54. The monoisotopic (exact) mass is 471 g/mol. The SMILES string of the molecule is Nc1ccc(F)c(C([O-])=C2C=Nc3ncc(-c4ccc(OCCCN5C=[C+]C=C5)nc4)cc32)c1F. The van der Waals surface area contributed by atoms with Gasteiger partial charge < -0.3 is 15.6 Å². The third kappa shape index (κ3) is 4.45. The summed E-state index contributed by atoms with van der Waals surface area (Å²) in [6.07, 6.45) is 14.0. The Balaban J connectivity index is 1.34. The quantitative estimate of drug-likeness (QED) is 0.243. The molecular weight excluding hydrogens is 452 g/mol. The first-order valence-electron chi connectivity index (χ1n) is 10.8. The van der Waals surface area contributed by atoms with Crippen molar-refractivity contribution in [2.24, 2.45) is 4.99 Å². The summed E-state index contributed by atoms with van der Waals surface area (Å²) < 4.78 is 34.4. The van der Waals surface area contributed by atoms with Crippen molar-refractivity contribution in [3.05, 3.63) is 90.0 Å². The van der Waals surface area contributed by atoms with Gasteiger partial charge in [0, 0.05) is 59.9 Å². The van der Waals surface area contributed by atoms with Crippen LogP contribution in [0, 0.1) is 17.7 Å². The van der Waals surface area contributed by atoms with Gasteiger partial charge >= 0.3 is 0 Å². The zero-order valence-electron chi connectivity index (χ0n) is 18.4. The number of hydrogen-bond donors (Lipinski definition) is 1. The molecule has 5 rings (SSSR count). The number of allylic oxidation sites excluding steroid dienone is 3. The zero-order chi connectivity index (χ0) is 24.4. The molecule has 1 aromatic carbocycles. The largest absolute Gasteiger partial charge is 0.871 e. The van der Waals surface area contributed by atoms with E-state index in [-0.39, 0.29) is 17.1 Å². The third-order valence-corrected chi connectivity index (χ3v) is 5.55. The number of hydrogen-bond acceptors (Lipinski definition) is 7. The Bertz CT molecular complexity index is 1390. The van der Waals surface area contributed by atoms with E-state index in [1.807, 2.05) is 29.4 Å². The molecule has 0 spiro atoms. The molecule has 0 saturated heterocycles. The Kier molecular flexibility index (Phi) is 5.91. The van der Waals surface area contributed by atoms with E-state index in [9.17, 15) is 13.9 Å². The van der Waals surface area contributed by atoms with Gasteiger partial charge in [0.25, 0.3) is 0 Å². The number of nitrogens with two attached hydrogens (primary N) is 1. The fraction of sp³-hybridized carbons (Fsp3) is 0.115. The minimum absolute atomic E-state index is 0.0333. The van der Waals surface area contributed by atoms with E-state index in [1.54, 1.807) is 24.5 Å². The van der Waals surface area contributed by atoms with Crippen LogP contribution in [0.25, 0.3) is 22.5 Å². The number of ether oxygens (including phenoxy) is 1. The molecule has 174 valence electrons. The number of nitrogen functional groups attached to an aromatic ring is 1. The van der Waals surface area contributed by atoms with Gasteiger partial charge in [-0.25, -0.2) is 23.7 Å². The van der Waals surface area contributed by atoms with Gasteiger partial charge in [0.2, 0.25) is 5.88 Å². The number of anilines is 1. The molecular formula is C26H19F2N5O2. The molecule has 0 amide bonds. The minimum Gasteiger partial charge on any atom is -0.871 e. The van der Waals surface area contributed by atoms with Crippen molar-refractivity contribution in [1.29, 1.82) is 0 Å². The number of rotatable bonds is 7. The first-order chi connectivity index (χ1) is 17.0. The number of benzene rings is 1. The third-order valence-electron chi connectivity index (χ3n) is 5.55. The maximum absolute atomic E-state index is 14.4. The lowest BCUT2D eigenvalue weighted by Crippen LogP contribution is -2.12. The Labute approximate surface area is 200 Å². The lowest BCUT2D eigenvalue weighted by Gasteiger charge is -2.18. The van der Waals surface area contributed by atoms with Gasteiger partial charge in [0.15, 0.2) is 23.9 Å². The van der Waals surface area contributed by atoms with Crippen molar-refractivity contribution in [2.45, 2.75) is 6.42 Å². The highest BCUT2D eigenvalue weighted by Crippen LogP contribution is 2.37. The number of aromatic nitrogens is 2. The Morgan fingerprint density at radius 3 is 2.74 bits per heavy atom. The lowest BCUT2D eigenvalue weighted by atomic mass is 10.00. The van der Waals surface area contributed by atoms with Crippen molar-refractivity contribution in [3.8, 4) is 17.0 Å². The van der Waals surface area contributed by atoms with E-state index >= 15 is 0 Å². The van der Waals surface area contributed by atoms with Crippen LogP contribution in [0.4, 0.5) is 20.3 Å². The van der Waals surface area contributed by atoms with E-state index in [0.29, 0.717) is 23.6 Å². The molecule has 0 aliphatic carbocycles. The molecule has 2 aromatic heterocycles. The first-order valence-corrected chi connectivity index (χ1v) is 10.8. The molecule has 2 N–H and O–H groups in total. The molecule has 0 fully saturated rings. The fourth-order valence-electron chi connectivity index (χ4n) is 3.72. The number of halogens is 2. The topological polar surface area (TPSA) is 99.7 Å². The van der Waals surface area contributed by atoms with Crippen LogP contribution >= 0.6 is 0 Å². The van der Waals surface area contributed by atoms with Crippen LogP contribution < -0.4 is 15.6 Å². The molecule has 0 atom stereocenters. The van der Waals surface area contributed by atoms with Crippen molar-refractivity contribution < 1.29 is 18.6 Å². The molecule has 35 heavy (non-hydrogen) atoms. The van der Waals surface area contributed by atoms with Gasteiger partial charge in [0.1, 0.15) is 18.1 Å². The van der Waals surface area contributed by atoms with Crippen molar-refractivity contribution >= 4 is 29.1 Å². The Morgan fingerprint density at radius 2 is 1.97 bits per heavy atom. The second kappa shape index (κ2) is 9.32. The zero-order valence-corrected chi connectivity index (χ0v) is 18.4. The number of pyridine rings is 2. The standard InChI is InChI=1S/C26H19F2N5O2/c27-20-5-6-21(29)24(28)23(20)25(34)19-15-32-26-18(19)12-17(14-31-26)16-4-7-22(30-13-16)35-11-3-10-33-8-1-2-9-33/h1,4-9,12-15H,3,10-11,29H2. The summed E-state index contributed by atoms with van der Waals surface area (Å²) in [7, 11) is 0. The molecule has 0 bridgehead atoms. The first kappa shape index (κ1) is 22.2. The maximum atomic E-state index is 14.4. The summed E-state index contributed by atoms with van der Waals surface area (Å²) in [5, 5.41) is 13.0. The molecule has 0 radical (unpaired) electrons. The number of fused-ring (bicyclic) bond motifs is 1. The maximum Gasteiger partial charge on any atom is 0.213 e. The smallest absolute Gasteiger partial charge is 0.213 e. The van der Waals surface area contributed by atoms with Gasteiger partial charge in [-0.2, -0.15) is 0 Å². The van der Waals surface area contributed by atoms with E-state index in [0.717, 1.165) is 30.7 Å². The van der Waals surface area contributed by atoms with Crippen LogP contribution in [0.3, 0.4) is 0 Å². The number of nitrogens with zero attached hydrogens (tertiary/aromatic N) is 4. The minimum atomic E-state index is -1.10. The molecule has 2 aliphatic heterocycles. The molecule has 3 aromatic rings. The van der Waals surface area contributed by atoms with E-state index in [2.05, 4.69) is 21.0 Å². The van der Waals surface area contributed by atoms with Crippen molar-refractivity contribution in [1.82, 2.24) is 14.9 Å². The van der Waals surface area contributed by atoms with E-state index in [1.165, 1.54) is 6.21 Å². The van der Waals surface area contributed by atoms with Gasteiger partial charge in [-0.05, 0) is 29.8 Å². The van der Waals surface area contributed by atoms with Crippen LogP contribution in [-0.4, -0.2) is 34.2 Å². The van der Waals surface area contributed by atoms with Gasteiger partial charge in [-0.15, -0.1) is 0 Å². The van der Waals surface area contributed by atoms with Crippen LogP contribution in [0.5, 0.6) is 5.88 Å². The summed E-state index contributed by atoms with van der Waals surface area (Å²) in [5.41, 5.74) is 6.29. The highest BCUT2D eigenvalue weighted by molar-refractivity contribution is 6.22. The summed E-state index contributed by atoms with van der Waals surface area (Å²) >= 11 is 0. The Hall–Kier alpha value is -4.62. The second-order valence-corrected chi connectivity index (χ2v) is 7.86. The predicted molar refractivity (Wildman–Crippen MR) is 127 cm³/mol. The van der Waals surface area contributed by atoms with Gasteiger partial charge in [-0.1, -0.05) is 5.76 Å². The van der Waals surface area contributed by atoms with Crippen molar-refractivity contribution in [3.63, 3.8) is 0 Å². The highest BCUT2D eigenvalue weighted by Gasteiger charge is 2.20. The summed E-state index contributed by atoms with van der Waals surface area (Å²) in [4.78, 5) is 14.8. The summed E-state index contributed by atoms with van der Waals surface area (Å²) in [6, 6.07) is 7.29. The van der Waals surface area contributed by atoms with Gasteiger partial charge in [0.05, 0.1) is 12.3 Å². The molecule has 2 aliphatic rings. The normalized spacial score (nSPS) is 14.9. The van der Waals surface area contributed by atoms with Crippen molar-refractivity contribution in [2.75, 3.05) is 18.9 Å². The molecule has 9 heteroatoms. The predicted octanol–water partition coefficient (Wildman–Crippen LogP) is 3.86. The Morgan fingerprint density at radius 1 is 1.11 bits per heavy atom. The second-order valence-electron chi connectivity index (χ2n) is 7.86. The molecule has 7 nitrogen and oxygen atoms in total. The van der Waals surface area contributed by atoms with Crippen LogP contribution in [0.1, 0.15) is 17.5 Å². The fourth-order valence-corrected chi connectivity index (χ4v) is 3.72. The summed E-state index contributed by atoms with van der Waals surface area (Å²) in [6.45, 7) is 1.34. The molecule has 0 saturated carbocycles. The van der Waals surface area contributed by atoms with E-state index in [4.69, 9.17) is 10.5 Å². The number of aliphatic imine (C=N–C) groups is 1. The van der Waals surface area contributed by atoms with Crippen LogP contribution in [-0.2, 0) is 0 Å².